The molecule has 7 nitrogen and oxygen atoms in total. The van der Waals surface area contributed by atoms with Gasteiger partial charge in [0, 0.05) is 62.2 Å². The van der Waals surface area contributed by atoms with Crippen molar-refractivity contribution in [1.29, 1.82) is 0 Å². The van der Waals surface area contributed by atoms with Crippen LogP contribution in [0.1, 0.15) is 83.8 Å². The van der Waals surface area contributed by atoms with Crippen LogP contribution in [0.5, 0.6) is 0 Å². The Kier molecular flexibility index (Phi) is 7.46. The van der Waals surface area contributed by atoms with Gasteiger partial charge in [0.15, 0.2) is 0 Å². The molecule has 222 valence electrons. The van der Waals surface area contributed by atoms with Crippen molar-refractivity contribution < 1.29 is 14.0 Å². The van der Waals surface area contributed by atoms with Crippen molar-refractivity contribution in [2.24, 2.45) is 11.3 Å². The fourth-order valence-corrected chi connectivity index (χ4v) is 8.56. The van der Waals surface area contributed by atoms with Crippen LogP contribution in [0.15, 0.2) is 53.3 Å². The average molecular weight is 561 g/mol. The van der Waals surface area contributed by atoms with Gasteiger partial charge in [0.25, 0.3) is 0 Å². The Morgan fingerprint density at radius 2 is 1.76 bits per heavy atom. The highest BCUT2D eigenvalue weighted by molar-refractivity contribution is 5.79. The van der Waals surface area contributed by atoms with E-state index >= 15 is 0 Å². The van der Waals surface area contributed by atoms with Gasteiger partial charge >= 0.3 is 6.03 Å². The first-order valence-corrected chi connectivity index (χ1v) is 15.7. The van der Waals surface area contributed by atoms with E-state index in [0.717, 1.165) is 44.6 Å². The molecular weight excluding hydrogens is 512 g/mol. The molecule has 5 heterocycles. The van der Waals surface area contributed by atoms with Crippen molar-refractivity contribution >= 4 is 11.9 Å². The summed E-state index contributed by atoms with van der Waals surface area (Å²) in [6, 6.07) is 14.1. The molecule has 7 heteroatoms. The Balaban J connectivity index is 1.20. The van der Waals surface area contributed by atoms with Gasteiger partial charge in [0.1, 0.15) is 0 Å². The van der Waals surface area contributed by atoms with Crippen LogP contribution in [0.2, 0.25) is 0 Å². The predicted octanol–water partition coefficient (Wildman–Crippen LogP) is 5.97. The summed E-state index contributed by atoms with van der Waals surface area (Å²) in [6.45, 7) is 14.9. The van der Waals surface area contributed by atoms with Gasteiger partial charge in [-0.1, -0.05) is 51.1 Å². The standard InChI is InChI=1S/C34H48N4O3/c1-24(2)38-32(40)36(18-25-13-14-41-22-25)23-34(38)15-28-11-12-29(16-34)37(28)20-27-19-35(31(39)17-33(3,4)5)21-30(27)26-9-7-6-8-10-26/h6-10,13-14,22,24,27-30H,11-12,15-21,23H2,1-5H3/t27-,28?,29?,30-,34?/m1/s1. The van der Waals surface area contributed by atoms with Gasteiger partial charge in [-0.25, -0.2) is 4.79 Å². The predicted molar refractivity (Wildman–Crippen MR) is 160 cm³/mol. The lowest BCUT2D eigenvalue weighted by molar-refractivity contribution is -0.132. The molecule has 1 spiro atoms. The topological polar surface area (TPSA) is 60.2 Å². The van der Waals surface area contributed by atoms with Crippen molar-refractivity contribution in [1.82, 2.24) is 19.6 Å². The van der Waals surface area contributed by atoms with Crippen molar-refractivity contribution in [2.45, 2.75) is 103 Å². The Hall–Kier alpha value is -2.80. The summed E-state index contributed by atoms with van der Waals surface area (Å²) in [6.07, 6.45) is 8.49. The maximum atomic E-state index is 13.7. The van der Waals surface area contributed by atoms with Crippen molar-refractivity contribution in [3.05, 3.63) is 60.1 Å². The molecule has 6 rings (SSSR count). The summed E-state index contributed by atoms with van der Waals surface area (Å²) >= 11 is 0. The van der Waals surface area contributed by atoms with E-state index in [-0.39, 0.29) is 28.9 Å². The number of piperidine rings is 1. The maximum Gasteiger partial charge on any atom is 0.321 e. The number of likely N-dealkylation sites (tertiary alicyclic amines) is 1. The monoisotopic (exact) mass is 560 g/mol. The van der Waals surface area contributed by atoms with Crippen LogP contribution in [0, 0.1) is 11.3 Å². The first-order chi connectivity index (χ1) is 19.5. The third-order valence-corrected chi connectivity index (χ3v) is 10.1. The lowest BCUT2D eigenvalue weighted by Crippen LogP contribution is -2.60. The van der Waals surface area contributed by atoms with Crippen LogP contribution >= 0.6 is 0 Å². The van der Waals surface area contributed by atoms with E-state index in [2.05, 4.69) is 79.7 Å². The number of amides is 3. The van der Waals surface area contributed by atoms with Gasteiger partial charge in [-0.3, -0.25) is 9.69 Å². The third kappa shape index (κ3) is 5.54. The van der Waals surface area contributed by atoms with E-state index in [1.54, 1.807) is 12.5 Å². The molecule has 0 radical (unpaired) electrons. The molecule has 2 unspecified atom stereocenters. The Morgan fingerprint density at radius 1 is 1.05 bits per heavy atom. The van der Waals surface area contributed by atoms with Crippen LogP contribution < -0.4 is 0 Å². The van der Waals surface area contributed by atoms with Crippen LogP contribution in [-0.2, 0) is 11.3 Å². The van der Waals surface area contributed by atoms with Crippen molar-refractivity contribution in [3.8, 4) is 0 Å². The second-order valence-electron chi connectivity index (χ2n) is 14.8. The number of carbonyl (C=O) groups is 2. The molecule has 0 saturated carbocycles. The van der Waals surface area contributed by atoms with Gasteiger partial charge in [-0.05, 0) is 62.5 Å². The number of nitrogens with zero attached hydrogens (tertiary/aromatic N) is 4. The molecule has 4 aliphatic heterocycles. The number of hydrogen-bond donors (Lipinski definition) is 0. The van der Waals surface area contributed by atoms with Gasteiger partial charge in [-0.15, -0.1) is 0 Å². The molecule has 4 aliphatic rings. The minimum Gasteiger partial charge on any atom is -0.472 e. The molecule has 4 fully saturated rings. The molecule has 1 aromatic heterocycles. The summed E-state index contributed by atoms with van der Waals surface area (Å²) in [5, 5.41) is 0. The molecule has 0 N–H and O–H groups in total. The number of fused-ring (bicyclic) bond motifs is 2. The molecule has 4 saturated heterocycles. The quantitative estimate of drug-likeness (QED) is 0.419. The number of benzene rings is 1. The van der Waals surface area contributed by atoms with Crippen LogP contribution in [0.3, 0.4) is 0 Å². The van der Waals surface area contributed by atoms with Crippen molar-refractivity contribution in [2.75, 3.05) is 26.2 Å². The Morgan fingerprint density at radius 3 is 2.37 bits per heavy atom. The van der Waals surface area contributed by atoms with E-state index in [1.165, 1.54) is 18.4 Å². The summed E-state index contributed by atoms with van der Waals surface area (Å²) in [5.74, 6) is 1.07. The van der Waals surface area contributed by atoms with E-state index < -0.39 is 0 Å². The molecular formula is C34H48N4O3. The zero-order chi connectivity index (χ0) is 28.9. The molecule has 4 atom stereocenters. The first kappa shape index (κ1) is 28.3. The maximum absolute atomic E-state index is 13.7. The number of furan rings is 1. The van der Waals surface area contributed by atoms with E-state index in [4.69, 9.17) is 4.42 Å². The van der Waals surface area contributed by atoms with E-state index in [0.29, 0.717) is 36.9 Å². The summed E-state index contributed by atoms with van der Waals surface area (Å²) in [5.41, 5.74) is 2.29. The lowest BCUT2D eigenvalue weighted by Gasteiger charge is -2.50. The zero-order valence-electron chi connectivity index (χ0n) is 25.6. The second kappa shape index (κ2) is 10.8. The lowest BCUT2D eigenvalue weighted by atomic mass is 9.80. The van der Waals surface area contributed by atoms with Gasteiger partial charge in [0.05, 0.1) is 24.6 Å². The van der Waals surface area contributed by atoms with E-state index in [9.17, 15) is 9.59 Å². The highest BCUT2D eigenvalue weighted by Crippen LogP contribution is 2.49. The van der Waals surface area contributed by atoms with Crippen molar-refractivity contribution in [3.63, 3.8) is 0 Å². The van der Waals surface area contributed by atoms with E-state index in [1.807, 2.05) is 11.0 Å². The fraction of sp³-hybridized carbons (Fsp3) is 0.647. The number of rotatable bonds is 7. The number of urea groups is 1. The number of hydrogen-bond acceptors (Lipinski definition) is 4. The highest BCUT2D eigenvalue weighted by atomic mass is 16.3. The number of carbonyl (C=O) groups excluding carboxylic acids is 2. The smallest absolute Gasteiger partial charge is 0.321 e. The summed E-state index contributed by atoms with van der Waals surface area (Å²) < 4.78 is 5.30. The summed E-state index contributed by atoms with van der Waals surface area (Å²) in [4.78, 5) is 36.2. The molecule has 3 amide bonds. The molecule has 0 aliphatic carbocycles. The van der Waals surface area contributed by atoms with Gasteiger partial charge in [-0.2, -0.15) is 0 Å². The molecule has 1 aromatic carbocycles. The van der Waals surface area contributed by atoms with Crippen LogP contribution in [0.25, 0.3) is 0 Å². The average Bonchev–Trinajstić information content (AvgIpc) is 3.67. The minimum atomic E-state index is -0.111. The van der Waals surface area contributed by atoms with Gasteiger partial charge in [0.2, 0.25) is 5.91 Å². The fourth-order valence-electron chi connectivity index (χ4n) is 8.56. The second-order valence-corrected chi connectivity index (χ2v) is 14.8. The van der Waals surface area contributed by atoms with Crippen LogP contribution in [-0.4, -0.2) is 81.4 Å². The normalized spacial score (nSPS) is 30.4. The SMILES string of the molecule is CC(C)N1C(=O)N(Cc2ccoc2)CC12CC1CCC(C2)N1C[C@H]1CN(C(=O)CC(C)(C)C)C[C@@H]1c1ccccc1. The molecule has 2 aromatic rings. The Labute approximate surface area is 245 Å². The highest BCUT2D eigenvalue weighted by Gasteiger charge is 2.58. The summed E-state index contributed by atoms with van der Waals surface area (Å²) in [7, 11) is 0. The van der Waals surface area contributed by atoms with Crippen LogP contribution in [0.4, 0.5) is 4.79 Å². The molecule has 2 bridgehead atoms. The van der Waals surface area contributed by atoms with Gasteiger partial charge < -0.3 is 19.1 Å². The first-order valence-electron chi connectivity index (χ1n) is 15.7. The Bertz CT molecular complexity index is 1210. The molecule has 41 heavy (non-hydrogen) atoms. The third-order valence-electron chi connectivity index (χ3n) is 10.1. The zero-order valence-corrected chi connectivity index (χ0v) is 25.6. The largest absolute Gasteiger partial charge is 0.472 e. The minimum absolute atomic E-state index is 0.00971.